The quantitative estimate of drug-likeness (QED) is 0.568. The van der Waals surface area contributed by atoms with Crippen LogP contribution in [0.25, 0.3) is 5.82 Å². The van der Waals surface area contributed by atoms with E-state index >= 15 is 0 Å². The Morgan fingerprint density at radius 3 is 2.75 bits per heavy atom. The van der Waals surface area contributed by atoms with E-state index in [1.54, 1.807) is 16.8 Å². The fraction of sp³-hybridized carbons (Fsp3) is 0.273. The molecule has 0 bridgehead atoms. The molecule has 0 radical (unpaired) electrons. The first-order valence-corrected chi connectivity index (χ1v) is 10.3. The molecule has 2 aromatic heterocycles. The molecule has 0 spiro atoms. The van der Waals surface area contributed by atoms with Gasteiger partial charge in [-0.3, -0.25) is 4.79 Å². The van der Waals surface area contributed by atoms with Gasteiger partial charge in [0, 0.05) is 5.69 Å². The van der Waals surface area contributed by atoms with Crippen molar-refractivity contribution in [3.63, 3.8) is 0 Å². The highest BCUT2D eigenvalue weighted by molar-refractivity contribution is 6.33. The van der Waals surface area contributed by atoms with Crippen LogP contribution >= 0.6 is 11.6 Å². The lowest BCUT2D eigenvalue weighted by molar-refractivity contribution is -0.124. The highest BCUT2D eigenvalue weighted by atomic mass is 35.5. The molecule has 1 aliphatic rings. The van der Waals surface area contributed by atoms with Crippen molar-refractivity contribution in [1.29, 1.82) is 0 Å². The van der Waals surface area contributed by atoms with Crippen molar-refractivity contribution >= 4 is 23.5 Å². The van der Waals surface area contributed by atoms with Gasteiger partial charge in [-0.05, 0) is 44.2 Å². The second-order valence-corrected chi connectivity index (χ2v) is 7.62. The smallest absolute Gasteiger partial charge is 0.359 e. The number of hydrogen-bond donors (Lipinski definition) is 1. The number of halogens is 1. The lowest BCUT2D eigenvalue weighted by atomic mass is 10.2. The van der Waals surface area contributed by atoms with Crippen LogP contribution in [0.1, 0.15) is 21.9 Å². The zero-order chi connectivity index (χ0) is 22.7. The Labute approximate surface area is 189 Å². The molecular formula is C22H21ClN4O5. The Balaban J connectivity index is 1.31. The molecule has 166 valence electrons. The van der Waals surface area contributed by atoms with Crippen molar-refractivity contribution < 1.29 is 23.8 Å². The molecule has 1 amide bonds. The van der Waals surface area contributed by atoms with Crippen LogP contribution < -0.4 is 14.8 Å². The van der Waals surface area contributed by atoms with Gasteiger partial charge in [-0.15, -0.1) is 0 Å². The molecule has 1 aliphatic heterocycles. The van der Waals surface area contributed by atoms with Crippen LogP contribution in [0.4, 0.5) is 0 Å². The number of nitrogens with one attached hydrogen (secondary N) is 1. The summed E-state index contributed by atoms with van der Waals surface area (Å²) in [5.41, 5.74) is 1.58. The van der Waals surface area contributed by atoms with Gasteiger partial charge in [0.15, 0.2) is 29.6 Å². The van der Waals surface area contributed by atoms with E-state index in [2.05, 4.69) is 15.4 Å². The fourth-order valence-corrected chi connectivity index (χ4v) is 3.38. The minimum Gasteiger partial charge on any atom is -0.486 e. The topological polar surface area (TPSA) is 105 Å². The molecule has 32 heavy (non-hydrogen) atoms. The average Bonchev–Trinajstić information content (AvgIpc) is 3.14. The largest absolute Gasteiger partial charge is 0.486 e. The highest BCUT2D eigenvalue weighted by Crippen LogP contribution is 2.30. The van der Waals surface area contributed by atoms with Gasteiger partial charge in [-0.25, -0.2) is 14.5 Å². The molecule has 0 saturated heterocycles. The van der Waals surface area contributed by atoms with E-state index in [0.717, 1.165) is 11.4 Å². The molecule has 0 saturated carbocycles. The van der Waals surface area contributed by atoms with Gasteiger partial charge in [-0.2, -0.15) is 5.10 Å². The first-order chi connectivity index (χ1) is 15.4. The molecule has 3 heterocycles. The van der Waals surface area contributed by atoms with E-state index in [4.69, 9.17) is 25.8 Å². The monoisotopic (exact) mass is 456 g/mol. The van der Waals surface area contributed by atoms with Crippen LogP contribution in [0.15, 0.2) is 42.5 Å². The van der Waals surface area contributed by atoms with Crippen LogP contribution in [0, 0.1) is 13.8 Å². The highest BCUT2D eigenvalue weighted by Gasteiger charge is 2.22. The number of fused-ring (bicyclic) bond motifs is 1. The van der Waals surface area contributed by atoms with Gasteiger partial charge in [0.05, 0.1) is 17.3 Å². The summed E-state index contributed by atoms with van der Waals surface area (Å²) in [6.07, 6.45) is -0.349. The van der Waals surface area contributed by atoms with Gasteiger partial charge >= 0.3 is 5.97 Å². The maximum Gasteiger partial charge on any atom is 0.359 e. The Hall–Kier alpha value is -3.59. The van der Waals surface area contributed by atoms with Crippen molar-refractivity contribution in [1.82, 2.24) is 20.1 Å². The van der Waals surface area contributed by atoms with Gasteiger partial charge < -0.3 is 19.5 Å². The van der Waals surface area contributed by atoms with Gasteiger partial charge in [0.25, 0.3) is 5.91 Å². The number of benzene rings is 1. The zero-order valence-corrected chi connectivity index (χ0v) is 18.3. The Morgan fingerprint density at radius 2 is 2.00 bits per heavy atom. The SMILES string of the molecule is Cc1cc(C)n(-c2ccc(Cl)c(C(=O)OCC(=O)NCC3COc4ccccc4O3)n2)n1. The van der Waals surface area contributed by atoms with E-state index in [0.29, 0.717) is 23.9 Å². The van der Waals surface area contributed by atoms with E-state index in [1.807, 2.05) is 38.1 Å². The number of aryl methyl sites for hydroxylation is 2. The summed E-state index contributed by atoms with van der Waals surface area (Å²) in [6.45, 7) is 3.76. The van der Waals surface area contributed by atoms with Crippen molar-refractivity contribution in [3.05, 3.63) is 64.6 Å². The Kier molecular flexibility index (Phi) is 6.27. The minimum atomic E-state index is -0.806. The summed E-state index contributed by atoms with van der Waals surface area (Å²) in [5.74, 6) is 0.418. The van der Waals surface area contributed by atoms with Gasteiger partial charge in [-0.1, -0.05) is 23.7 Å². The van der Waals surface area contributed by atoms with E-state index in [-0.39, 0.29) is 23.4 Å². The number of nitrogens with zero attached hydrogens (tertiary/aromatic N) is 3. The minimum absolute atomic E-state index is 0.0925. The molecule has 0 fully saturated rings. The zero-order valence-electron chi connectivity index (χ0n) is 17.5. The number of rotatable bonds is 6. The molecule has 3 aromatic rings. The number of carbonyl (C=O) groups is 2. The van der Waals surface area contributed by atoms with Crippen LogP contribution in [0.3, 0.4) is 0 Å². The van der Waals surface area contributed by atoms with Crippen molar-refractivity contribution in [2.24, 2.45) is 0 Å². The summed E-state index contributed by atoms with van der Waals surface area (Å²) >= 11 is 6.12. The molecule has 1 atom stereocenters. The summed E-state index contributed by atoms with van der Waals surface area (Å²) in [6, 6.07) is 12.4. The van der Waals surface area contributed by atoms with Crippen LogP contribution in [-0.2, 0) is 9.53 Å². The Bertz CT molecular complexity index is 1160. The average molecular weight is 457 g/mol. The molecule has 4 rings (SSSR count). The predicted molar refractivity (Wildman–Crippen MR) is 115 cm³/mol. The number of ether oxygens (including phenoxy) is 3. The molecule has 9 nitrogen and oxygen atoms in total. The predicted octanol–water partition coefficient (Wildman–Crippen LogP) is 2.65. The molecule has 1 unspecified atom stereocenters. The normalized spacial score (nSPS) is 14.7. The summed E-state index contributed by atoms with van der Waals surface area (Å²) in [5, 5.41) is 7.12. The third-order valence-corrected chi connectivity index (χ3v) is 4.99. The number of esters is 1. The molecular weight excluding hydrogens is 436 g/mol. The first-order valence-electron chi connectivity index (χ1n) is 9.93. The number of amides is 1. The summed E-state index contributed by atoms with van der Waals surface area (Å²) in [7, 11) is 0. The second kappa shape index (κ2) is 9.27. The van der Waals surface area contributed by atoms with Crippen LogP contribution in [0.5, 0.6) is 11.5 Å². The van der Waals surface area contributed by atoms with E-state index < -0.39 is 18.5 Å². The maximum absolute atomic E-state index is 12.5. The molecule has 0 aliphatic carbocycles. The lowest BCUT2D eigenvalue weighted by Gasteiger charge is -2.26. The van der Waals surface area contributed by atoms with Gasteiger partial charge in [0.2, 0.25) is 0 Å². The van der Waals surface area contributed by atoms with Crippen molar-refractivity contribution in [3.8, 4) is 17.3 Å². The third kappa shape index (κ3) is 4.83. The Morgan fingerprint density at radius 1 is 1.22 bits per heavy atom. The van der Waals surface area contributed by atoms with Crippen molar-refractivity contribution in [2.75, 3.05) is 19.8 Å². The lowest BCUT2D eigenvalue weighted by Crippen LogP contribution is -2.42. The number of hydrogen-bond acceptors (Lipinski definition) is 7. The molecule has 1 aromatic carbocycles. The van der Waals surface area contributed by atoms with Crippen LogP contribution in [0.2, 0.25) is 5.02 Å². The van der Waals surface area contributed by atoms with E-state index in [9.17, 15) is 9.59 Å². The second-order valence-electron chi connectivity index (χ2n) is 7.22. The number of carbonyl (C=O) groups excluding carboxylic acids is 2. The number of pyridine rings is 1. The standard InChI is InChI=1S/C22H21ClN4O5/c1-13-9-14(2)27(26-13)19-8-7-16(23)21(25-19)22(29)31-12-20(28)24-10-15-11-30-17-5-3-4-6-18(17)32-15/h3-9,15H,10-12H2,1-2H3,(H,24,28). The summed E-state index contributed by atoms with van der Waals surface area (Å²) < 4.78 is 18.1. The van der Waals surface area contributed by atoms with Gasteiger partial charge in [0.1, 0.15) is 12.7 Å². The van der Waals surface area contributed by atoms with Crippen molar-refractivity contribution in [2.45, 2.75) is 20.0 Å². The first kappa shape index (κ1) is 21.6. The number of aromatic nitrogens is 3. The summed E-state index contributed by atoms with van der Waals surface area (Å²) in [4.78, 5) is 28.9. The maximum atomic E-state index is 12.5. The van der Waals surface area contributed by atoms with Crippen LogP contribution in [-0.4, -0.2) is 52.5 Å². The number of para-hydroxylation sites is 2. The fourth-order valence-electron chi connectivity index (χ4n) is 3.20. The third-order valence-electron chi connectivity index (χ3n) is 4.68. The van der Waals surface area contributed by atoms with E-state index in [1.165, 1.54) is 6.07 Å². The molecule has 1 N–H and O–H groups in total. The molecule has 10 heteroatoms.